The minimum atomic E-state index is -3.72. The molecule has 0 aliphatic rings. The highest BCUT2D eigenvalue weighted by atomic mass is 32.2. The molecule has 7 nitrogen and oxygen atoms in total. The maximum atomic E-state index is 12.5. The lowest BCUT2D eigenvalue weighted by molar-refractivity contribution is -0.116. The fourth-order valence-corrected chi connectivity index (χ4v) is 4.87. The first-order valence-electron chi connectivity index (χ1n) is 8.79. The van der Waals surface area contributed by atoms with Crippen LogP contribution in [0.1, 0.15) is 5.56 Å². The SMILES string of the molecule is Cc1cn(CC(=O)Nc2ccc(S(=O)(=O)Nc3nccs3)cc2)c2ccccc12. The minimum Gasteiger partial charge on any atom is -0.338 e. The van der Waals surface area contributed by atoms with Gasteiger partial charge in [-0.05, 0) is 42.8 Å². The Morgan fingerprint density at radius 2 is 1.90 bits per heavy atom. The Bertz CT molecular complexity index is 1260. The van der Waals surface area contributed by atoms with Gasteiger partial charge in [0, 0.05) is 34.4 Å². The lowest BCUT2D eigenvalue weighted by Crippen LogP contribution is -2.18. The Kier molecular flexibility index (Phi) is 5.08. The summed E-state index contributed by atoms with van der Waals surface area (Å²) in [4.78, 5) is 16.5. The van der Waals surface area contributed by atoms with Crippen LogP contribution in [0.2, 0.25) is 0 Å². The van der Waals surface area contributed by atoms with Crippen molar-refractivity contribution in [3.63, 3.8) is 0 Å². The summed E-state index contributed by atoms with van der Waals surface area (Å²) in [5.41, 5.74) is 2.63. The molecule has 148 valence electrons. The molecule has 2 N–H and O–H groups in total. The molecule has 0 bridgehead atoms. The van der Waals surface area contributed by atoms with Gasteiger partial charge in [-0.3, -0.25) is 9.52 Å². The number of fused-ring (bicyclic) bond motifs is 1. The highest BCUT2D eigenvalue weighted by Gasteiger charge is 2.16. The molecule has 9 heteroatoms. The zero-order chi connectivity index (χ0) is 20.4. The Morgan fingerprint density at radius 1 is 1.14 bits per heavy atom. The number of para-hydroxylation sites is 1. The first kappa shape index (κ1) is 19.2. The second kappa shape index (κ2) is 7.69. The molecule has 0 atom stereocenters. The van der Waals surface area contributed by atoms with Crippen LogP contribution in [0, 0.1) is 6.92 Å². The van der Waals surface area contributed by atoms with E-state index in [2.05, 4.69) is 15.0 Å². The fraction of sp³-hybridized carbons (Fsp3) is 0.100. The summed E-state index contributed by atoms with van der Waals surface area (Å²) in [6.45, 7) is 2.18. The molecule has 0 aliphatic heterocycles. The molecule has 0 spiro atoms. The van der Waals surface area contributed by atoms with Gasteiger partial charge in [0.15, 0.2) is 5.13 Å². The summed E-state index contributed by atoms with van der Waals surface area (Å²) < 4.78 is 29.0. The van der Waals surface area contributed by atoms with Crippen molar-refractivity contribution in [3.8, 4) is 0 Å². The van der Waals surface area contributed by atoms with Gasteiger partial charge in [0.25, 0.3) is 10.0 Å². The van der Waals surface area contributed by atoms with E-state index in [0.29, 0.717) is 10.8 Å². The number of hydrogen-bond acceptors (Lipinski definition) is 5. The maximum Gasteiger partial charge on any atom is 0.263 e. The summed E-state index contributed by atoms with van der Waals surface area (Å²) in [7, 11) is -3.72. The van der Waals surface area contributed by atoms with E-state index in [1.807, 2.05) is 42.0 Å². The van der Waals surface area contributed by atoms with Crippen LogP contribution in [0.4, 0.5) is 10.8 Å². The zero-order valence-electron chi connectivity index (χ0n) is 15.5. The molecular formula is C20H18N4O3S2. The van der Waals surface area contributed by atoms with Crippen molar-refractivity contribution < 1.29 is 13.2 Å². The molecule has 0 saturated heterocycles. The fourth-order valence-electron chi connectivity index (χ4n) is 3.08. The van der Waals surface area contributed by atoms with E-state index in [0.717, 1.165) is 16.5 Å². The first-order chi connectivity index (χ1) is 13.9. The number of sulfonamides is 1. The molecule has 4 aromatic rings. The Balaban J connectivity index is 1.45. The van der Waals surface area contributed by atoms with Gasteiger partial charge in [-0.15, -0.1) is 11.3 Å². The number of aromatic nitrogens is 2. The van der Waals surface area contributed by atoms with Gasteiger partial charge in [0.2, 0.25) is 5.91 Å². The van der Waals surface area contributed by atoms with Crippen molar-refractivity contribution >= 4 is 49.0 Å². The molecule has 4 rings (SSSR count). The minimum absolute atomic E-state index is 0.0951. The Labute approximate surface area is 172 Å². The van der Waals surface area contributed by atoms with Crippen LogP contribution >= 0.6 is 11.3 Å². The number of aryl methyl sites for hydroxylation is 1. The monoisotopic (exact) mass is 426 g/mol. The summed E-state index contributed by atoms with van der Waals surface area (Å²) in [6, 6.07) is 13.9. The molecule has 0 aliphatic carbocycles. The van der Waals surface area contributed by atoms with Crippen LogP contribution < -0.4 is 10.0 Å². The summed E-state index contributed by atoms with van der Waals surface area (Å²) in [6.07, 6.45) is 3.47. The van der Waals surface area contributed by atoms with Gasteiger partial charge in [-0.2, -0.15) is 0 Å². The van der Waals surface area contributed by atoms with E-state index >= 15 is 0 Å². The summed E-state index contributed by atoms with van der Waals surface area (Å²) >= 11 is 1.20. The molecule has 1 amide bonds. The van der Waals surface area contributed by atoms with Crippen molar-refractivity contribution in [2.45, 2.75) is 18.4 Å². The first-order valence-corrected chi connectivity index (χ1v) is 11.2. The number of amides is 1. The second-order valence-electron chi connectivity index (χ2n) is 6.47. The maximum absolute atomic E-state index is 12.5. The van der Waals surface area contributed by atoms with Gasteiger partial charge in [0.1, 0.15) is 6.54 Å². The Morgan fingerprint density at radius 3 is 2.62 bits per heavy atom. The summed E-state index contributed by atoms with van der Waals surface area (Å²) in [5.74, 6) is -0.192. The lowest BCUT2D eigenvalue weighted by atomic mass is 10.2. The van der Waals surface area contributed by atoms with Crippen LogP contribution in [-0.2, 0) is 21.4 Å². The topological polar surface area (TPSA) is 93.1 Å². The normalized spacial score (nSPS) is 11.5. The average molecular weight is 427 g/mol. The average Bonchev–Trinajstić information content (AvgIpc) is 3.30. The van der Waals surface area contributed by atoms with Crippen LogP contribution in [0.15, 0.2) is 71.2 Å². The number of carbonyl (C=O) groups excluding carboxylic acids is 1. The highest BCUT2D eigenvalue weighted by Crippen LogP contribution is 2.21. The zero-order valence-corrected chi connectivity index (χ0v) is 17.1. The van der Waals surface area contributed by atoms with Crippen LogP contribution in [-0.4, -0.2) is 23.9 Å². The molecule has 0 radical (unpaired) electrons. The second-order valence-corrected chi connectivity index (χ2v) is 9.05. The van der Waals surface area contributed by atoms with Gasteiger partial charge in [0.05, 0.1) is 4.90 Å². The number of carbonyl (C=O) groups is 1. The van der Waals surface area contributed by atoms with Gasteiger partial charge in [-0.25, -0.2) is 13.4 Å². The van der Waals surface area contributed by atoms with Gasteiger partial charge >= 0.3 is 0 Å². The molecule has 2 heterocycles. The molecular weight excluding hydrogens is 408 g/mol. The molecule has 2 aromatic heterocycles. The van der Waals surface area contributed by atoms with Crippen LogP contribution in [0.3, 0.4) is 0 Å². The standard InChI is InChI=1S/C20H18N4O3S2/c1-14-12-24(18-5-3-2-4-17(14)18)13-19(25)22-15-6-8-16(9-7-15)29(26,27)23-20-21-10-11-28-20/h2-12H,13H2,1H3,(H,21,23)(H,22,25). The van der Waals surface area contributed by atoms with Crippen molar-refractivity contribution in [1.29, 1.82) is 0 Å². The smallest absolute Gasteiger partial charge is 0.263 e. The molecule has 29 heavy (non-hydrogen) atoms. The van der Waals surface area contributed by atoms with Crippen LogP contribution in [0.5, 0.6) is 0 Å². The number of benzene rings is 2. The predicted octanol–water partition coefficient (Wildman–Crippen LogP) is 3.85. The van der Waals surface area contributed by atoms with Crippen molar-refractivity contribution in [3.05, 3.63) is 71.9 Å². The van der Waals surface area contributed by atoms with Gasteiger partial charge in [-0.1, -0.05) is 18.2 Å². The molecule has 2 aromatic carbocycles. The summed E-state index contributed by atoms with van der Waals surface area (Å²) in [5, 5.41) is 5.91. The third kappa shape index (κ3) is 4.15. The number of anilines is 2. The molecule has 0 saturated carbocycles. The third-order valence-electron chi connectivity index (χ3n) is 4.40. The van der Waals surface area contributed by atoms with Crippen molar-refractivity contribution in [1.82, 2.24) is 9.55 Å². The quantitative estimate of drug-likeness (QED) is 0.490. The van der Waals surface area contributed by atoms with Crippen LogP contribution in [0.25, 0.3) is 10.9 Å². The number of hydrogen-bond donors (Lipinski definition) is 2. The largest absolute Gasteiger partial charge is 0.338 e. The van der Waals surface area contributed by atoms with E-state index in [1.54, 1.807) is 17.5 Å². The highest BCUT2D eigenvalue weighted by molar-refractivity contribution is 7.93. The number of rotatable bonds is 6. The number of nitrogens with zero attached hydrogens (tertiary/aromatic N) is 2. The number of thiazole rings is 1. The third-order valence-corrected chi connectivity index (χ3v) is 6.58. The van der Waals surface area contributed by atoms with Gasteiger partial charge < -0.3 is 9.88 Å². The molecule has 0 fully saturated rings. The van der Waals surface area contributed by atoms with E-state index in [1.165, 1.54) is 29.7 Å². The van der Waals surface area contributed by atoms with Crippen molar-refractivity contribution in [2.75, 3.05) is 10.0 Å². The van der Waals surface area contributed by atoms with E-state index in [9.17, 15) is 13.2 Å². The van der Waals surface area contributed by atoms with E-state index < -0.39 is 10.0 Å². The number of nitrogens with one attached hydrogen (secondary N) is 2. The van der Waals surface area contributed by atoms with E-state index in [4.69, 9.17) is 0 Å². The molecule has 0 unspecified atom stereocenters. The van der Waals surface area contributed by atoms with E-state index in [-0.39, 0.29) is 17.3 Å². The predicted molar refractivity (Wildman–Crippen MR) is 115 cm³/mol. The van der Waals surface area contributed by atoms with Crippen molar-refractivity contribution in [2.24, 2.45) is 0 Å². The Hall–Kier alpha value is -3.17. The lowest BCUT2D eigenvalue weighted by Gasteiger charge is -2.09.